The molecule has 0 fully saturated rings. The van der Waals surface area contributed by atoms with E-state index < -0.39 is 21.8 Å². The third kappa shape index (κ3) is 6.90. The van der Waals surface area contributed by atoms with Crippen LogP contribution in [0.1, 0.15) is 17.1 Å². The second kappa shape index (κ2) is 10.6. The predicted molar refractivity (Wildman–Crippen MR) is 125 cm³/mol. The largest absolute Gasteiger partial charge is 0.459 e. The van der Waals surface area contributed by atoms with E-state index in [1.165, 1.54) is 36.5 Å². The van der Waals surface area contributed by atoms with Gasteiger partial charge < -0.3 is 9.73 Å². The number of nitrogens with one attached hydrogen (secondary N) is 3. The predicted octanol–water partition coefficient (Wildman–Crippen LogP) is 3.46. The highest BCUT2D eigenvalue weighted by atomic mass is 35.5. The Morgan fingerprint density at radius 3 is 2.39 bits per heavy atom. The number of nitrogens with zero attached hydrogens (tertiary/aromatic N) is 1. The summed E-state index contributed by atoms with van der Waals surface area (Å²) >= 11 is 11.6. The van der Waals surface area contributed by atoms with Crippen LogP contribution in [0.25, 0.3) is 0 Å². The standard InChI is InChI=1S/C21H18Cl2N4O5S/c1-13-10-15(23)4-9-19(13)26-20(28)21(29)27-24-11-16-5-6-17(32-16)12-25-33(30,31)18-7-2-14(22)3-8-18/h2-11,25H,12H2,1H3,(H,26,28)(H,27,29)/b24-11+. The summed E-state index contributed by atoms with van der Waals surface area (Å²) in [6, 6.07) is 13.6. The molecule has 0 aliphatic rings. The molecule has 0 spiro atoms. The van der Waals surface area contributed by atoms with Crippen LogP contribution in [-0.2, 0) is 26.2 Å². The zero-order valence-corrected chi connectivity index (χ0v) is 19.5. The van der Waals surface area contributed by atoms with Crippen molar-refractivity contribution in [3.05, 3.63) is 81.7 Å². The lowest BCUT2D eigenvalue weighted by molar-refractivity contribution is -0.136. The van der Waals surface area contributed by atoms with E-state index in [2.05, 4.69) is 20.6 Å². The van der Waals surface area contributed by atoms with E-state index in [0.29, 0.717) is 27.1 Å². The molecule has 172 valence electrons. The first-order chi connectivity index (χ1) is 15.6. The van der Waals surface area contributed by atoms with Crippen LogP contribution in [0.4, 0.5) is 5.69 Å². The lowest BCUT2D eigenvalue weighted by Crippen LogP contribution is -2.32. The Kier molecular flexibility index (Phi) is 7.88. The van der Waals surface area contributed by atoms with E-state index in [1.54, 1.807) is 31.2 Å². The molecule has 0 aliphatic carbocycles. The molecule has 0 atom stereocenters. The van der Waals surface area contributed by atoms with Gasteiger partial charge >= 0.3 is 11.8 Å². The van der Waals surface area contributed by atoms with Gasteiger partial charge in [0.2, 0.25) is 10.0 Å². The normalized spacial score (nSPS) is 11.5. The number of benzene rings is 2. The van der Waals surface area contributed by atoms with Crippen molar-refractivity contribution < 1.29 is 22.4 Å². The van der Waals surface area contributed by atoms with Crippen molar-refractivity contribution in [3.8, 4) is 0 Å². The molecule has 0 aliphatic heterocycles. The highest BCUT2D eigenvalue weighted by Crippen LogP contribution is 2.19. The molecule has 12 heteroatoms. The van der Waals surface area contributed by atoms with Crippen molar-refractivity contribution in [2.75, 3.05) is 5.32 Å². The summed E-state index contributed by atoms with van der Waals surface area (Å²) in [5.41, 5.74) is 3.22. The quantitative estimate of drug-likeness (QED) is 0.255. The van der Waals surface area contributed by atoms with Crippen molar-refractivity contribution in [3.63, 3.8) is 0 Å². The summed E-state index contributed by atoms with van der Waals surface area (Å²) in [6.07, 6.45) is 1.18. The number of furan rings is 1. The maximum absolute atomic E-state index is 12.3. The Labute approximate surface area is 199 Å². The average Bonchev–Trinajstić information content (AvgIpc) is 3.22. The van der Waals surface area contributed by atoms with E-state index in [-0.39, 0.29) is 17.2 Å². The number of rotatable bonds is 7. The molecule has 2 amide bonds. The SMILES string of the molecule is Cc1cc(Cl)ccc1NC(=O)C(=O)N/N=C/c1ccc(CNS(=O)(=O)c2ccc(Cl)cc2)o1. The Hall–Kier alpha value is -3.18. The summed E-state index contributed by atoms with van der Waals surface area (Å²) in [4.78, 5) is 24.0. The van der Waals surface area contributed by atoms with Crippen LogP contribution < -0.4 is 15.5 Å². The van der Waals surface area contributed by atoms with Crippen LogP contribution in [0.15, 0.2) is 69.0 Å². The number of hydrogen-bond donors (Lipinski definition) is 3. The minimum Gasteiger partial charge on any atom is -0.459 e. The van der Waals surface area contributed by atoms with Crippen LogP contribution in [-0.4, -0.2) is 26.4 Å². The van der Waals surface area contributed by atoms with Crippen LogP contribution in [0.3, 0.4) is 0 Å². The van der Waals surface area contributed by atoms with Crippen molar-refractivity contribution in [2.24, 2.45) is 5.10 Å². The smallest absolute Gasteiger partial charge is 0.329 e. The fourth-order valence-corrected chi connectivity index (χ4v) is 3.92. The van der Waals surface area contributed by atoms with Crippen molar-refractivity contribution in [2.45, 2.75) is 18.4 Å². The van der Waals surface area contributed by atoms with Gasteiger partial charge in [-0.25, -0.2) is 18.6 Å². The first-order valence-corrected chi connectivity index (χ1v) is 11.6. The zero-order valence-electron chi connectivity index (χ0n) is 17.1. The van der Waals surface area contributed by atoms with Crippen LogP contribution in [0.2, 0.25) is 10.0 Å². The Morgan fingerprint density at radius 1 is 1.00 bits per heavy atom. The molecule has 0 bridgehead atoms. The molecule has 3 N–H and O–H groups in total. The van der Waals surface area contributed by atoms with Crippen molar-refractivity contribution in [1.82, 2.24) is 10.1 Å². The molecule has 1 aromatic heterocycles. The number of aryl methyl sites for hydroxylation is 1. The van der Waals surface area contributed by atoms with Gasteiger partial charge in [0.15, 0.2) is 0 Å². The second-order valence-corrected chi connectivity index (χ2v) is 9.33. The minimum atomic E-state index is -3.75. The maximum atomic E-state index is 12.3. The third-order valence-electron chi connectivity index (χ3n) is 4.24. The van der Waals surface area contributed by atoms with Gasteiger partial charge in [0.05, 0.1) is 17.7 Å². The van der Waals surface area contributed by atoms with Crippen molar-refractivity contribution in [1.29, 1.82) is 0 Å². The molecule has 0 saturated heterocycles. The van der Waals surface area contributed by atoms with Crippen LogP contribution in [0, 0.1) is 6.92 Å². The molecule has 0 saturated carbocycles. The Balaban J connectivity index is 1.51. The topological polar surface area (TPSA) is 130 Å². The summed E-state index contributed by atoms with van der Waals surface area (Å²) in [7, 11) is -3.75. The number of anilines is 1. The Bertz CT molecular complexity index is 1300. The lowest BCUT2D eigenvalue weighted by atomic mass is 10.2. The Morgan fingerprint density at radius 2 is 1.70 bits per heavy atom. The maximum Gasteiger partial charge on any atom is 0.329 e. The van der Waals surface area contributed by atoms with Crippen molar-refractivity contribution >= 4 is 56.9 Å². The number of halogens is 2. The van der Waals surface area contributed by atoms with E-state index >= 15 is 0 Å². The number of hydrazone groups is 1. The van der Waals surface area contributed by atoms with E-state index in [9.17, 15) is 18.0 Å². The van der Waals surface area contributed by atoms with Crippen LogP contribution >= 0.6 is 23.2 Å². The molecule has 0 radical (unpaired) electrons. The summed E-state index contributed by atoms with van der Waals surface area (Å²) in [5, 5.41) is 7.06. The highest BCUT2D eigenvalue weighted by Gasteiger charge is 2.15. The average molecular weight is 509 g/mol. The third-order valence-corrected chi connectivity index (χ3v) is 6.15. The lowest BCUT2D eigenvalue weighted by Gasteiger charge is -2.07. The van der Waals surface area contributed by atoms with Gasteiger partial charge in [-0.15, -0.1) is 0 Å². The molecule has 2 aromatic carbocycles. The molecular weight excluding hydrogens is 491 g/mol. The first kappa shape index (κ1) is 24.5. The number of sulfonamides is 1. The molecule has 1 heterocycles. The van der Waals surface area contributed by atoms with Gasteiger partial charge in [0, 0.05) is 15.7 Å². The van der Waals surface area contributed by atoms with Gasteiger partial charge in [-0.05, 0) is 67.1 Å². The van der Waals surface area contributed by atoms with E-state index in [4.69, 9.17) is 27.6 Å². The van der Waals surface area contributed by atoms with Gasteiger partial charge in [-0.3, -0.25) is 9.59 Å². The summed E-state index contributed by atoms with van der Waals surface area (Å²) in [6.45, 7) is 1.63. The molecule has 3 rings (SSSR count). The van der Waals surface area contributed by atoms with Crippen LogP contribution in [0.5, 0.6) is 0 Å². The number of amides is 2. The molecular formula is C21H18Cl2N4O5S. The van der Waals surface area contributed by atoms with Gasteiger partial charge in [0.25, 0.3) is 0 Å². The minimum absolute atomic E-state index is 0.0648. The van der Waals surface area contributed by atoms with Gasteiger partial charge in [0.1, 0.15) is 11.5 Å². The van der Waals surface area contributed by atoms with E-state index in [0.717, 1.165) is 0 Å². The summed E-state index contributed by atoms with van der Waals surface area (Å²) < 4.78 is 32.4. The molecule has 9 nitrogen and oxygen atoms in total. The monoisotopic (exact) mass is 508 g/mol. The number of carbonyl (C=O) groups excluding carboxylic acids is 2. The second-order valence-electron chi connectivity index (χ2n) is 6.70. The van der Waals surface area contributed by atoms with Gasteiger partial charge in [-0.2, -0.15) is 5.10 Å². The molecule has 3 aromatic rings. The number of hydrogen-bond acceptors (Lipinski definition) is 6. The summed E-state index contributed by atoms with van der Waals surface area (Å²) in [5.74, 6) is -1.33. The van der Waals surface area contributed by atoms with Gasteiger partial charge in [-0.1, -0.05) is 23.2 Å². The number of carbonyl (C=O) groups is 2. The molecule has 0 unspecified atom stereocenters. The highest BCUT2D eigenvalue weighted by molar-refractivity contribution is 7.89. The molecule has 33 heavy (non-hydrogen) atoms. The fraction of sp³-hybridized carbons (Fsp3) is 0.0952. The first-order valence-electron chi connectivity index (χ1n) is 9.38. The zero-order chi connectivity index (χ0) is 24.0. The fourth-order valence-electron chi connectivity index (χ4n) is 2.57. The van der Waals surface area contributed by atoms with E-state index in [1.807, 2.05) is 0 Å².